The number of fused-ring (bicyclic) bond motifs is 3. The molecule has 6 heterocycles. The van der Waals surface area contributed by atoms with Crippen LogP contribution < -0.4 is 15.4 Å². The Morgan fingerprint density at radius 2 is 1.77 bits per heavy atom. The molecule has 0 aliphatic carbocycles. The van der Waals surface area contributed by atoms with Crippen molar-refractivity contribution >= 4 is 40.6 Å². The number of ether oxygens (including phenoxy) is 1. The first-order valence-electron chi connectivity index (χ1n) is 9.99. The molecule has 1 aromatic carbocycles. The number of hydrogen-bond acceptors (Lipinski definition) is 7. The fraction of sp³-hybridized carbons (Fsp3) is 0.238. The number of rotatable bonds is 0. The molecule has 0 atom stereocenters. The number of carbonyl (C=O) groups excluding carboxylic acids is 2. The van der Waals surface area contributed by atoms with Gasteiger partial charge in [-0.2, -0.15) is 0 Å². The second-order valence-corrected chi connectivity index (χ2v) is 8.69. The van der Waals surface area contributed by atoms with E-state index in [9.17, 15) is 9.59 Å². The SMILES string of the molecule is O=C1Nc2cccc(c2)Nc2ncc3c(n2)-c2cc(sc2CO3)C(=O)N2CCN1CC2. The van der Waals surface area contributed by atoms with Gasteiger partial charge in [-0.3, -0.25) is 4.79 Å². The minimum Gasteiger partial charge on any atom is -0.484 e. The lowest BCUT2D eigenvalue weighted by Crippen LogP contribution is -2.51. The summed E-state index contributed by atoms with van der Waals surface area (Å²) in [6.45, 7) is 2.36. The van der Waals surface area contributed by atoms with Crippen LogP contribution in [-0.4, -0.2) is 57.9 Å². The summed E-state index contributed by atoms with van der Waals surface area (Å²) >= 11 is 1.44. The van der Waals surface area contributed by atoms with Gasteiger partial charge < -0.3 is 25.2 Å². The van der Waals surface area contributed by atoms with E-state index in [1.54, 1.807) is 16.0 Å². The second-order valence-electron chi connectivity index (χ2n) is 7.56. The molecule has 2 aromatic heterocycles. The molecular formula is C21H18N6O3S. The van der Waals surface area contributed by atoms with E-state index in [-0.39, 0.29) is 11.9 Å². The Balaban J connectivity index is 1.46. The second kappa shape index (κ2) is 6.95. The third kappa shape index (κ3) is 3.15. The van der Waals surface area contributed by atoms with Crippen molar-refractivity contribution in [3.8, 4) is 17.0 Å². The van der Waals surface area contributed by atoms with Crippen molar-refractivity contribution in [2.24, 2.45) is 0 Å². The minimum absolute atomic E-state index is 0.0237. The van der Waals surface area contributed by atoms with E-state index in [2.05, 4.69) is 20.6 Å². The van der Waals surface area contributed by atoms with Gasteiger partial charge in [-0.15, -0.1) is 11.3 Å². The largest absolute Gasteiger partial charge is 0.484 e. The lowest BCUT2D eigenvalue weighted by Gasteiger charge is -2.34. The molecule has 4 aliphatic rings. The highest BCUT2D eigenvalue weighted by atomic mass is 32.1. The predicted molar refractivity (Wildman–Crippen MR) is 116 cm³/mol. The highest BCUT2D eigenvalue weighted by molar-refractivity contribution is 7.14. The smallest absolute Gasteiger partial charge is 0.321 e. The molecule has 0 radical (unpaired) electrons. The van der Waals surface area contributed by atoms with E-state index in [1.165, 1.54) is 11.3 Å². The van der Waals surface area contributed by atoms with Crippen LogP contribution in [0.1, 0.15) is 14.5 Å². The van der Waals surface area contributed by atoms with Gasteiger partial charge in [-0.1, -0.05) is 6.07 Å². The van der Waals surface area contributed by atoms with Crippen LogP contribution in [0.25, 0.3) is 11.3 Å². The number of piperazine rings is 1. The Labute approximate surface area is 181 Å². The van der Waals surface area contributed by atoms with Crippen LogP contribution in [0.15, 0.2) is 36.5 Å². The molecule has 1 saturated heterocycles. The van der Waals surface area contributed by atoms with Crippen molar-refractivity contribution in [3.63, 3.8) is 0 Å². The third-order valence-electron chi connectivity index (χ3n) is 5.61. The topological polar surface area (TPSA) is 99.7 Å². The lowest BCUT2D eigenvalue weighted by atomic mass is 10.1. The average Bonchev–Trinajstić information content (AvgIpc) is 3.23. The molecule has 2 N–H and O–H groups in total. The number of aromatic nitrogens is 2. The predicted octanol–water partition coefficient (Wildman–Crippen LogP) is 3.14. The number of thiophene rings is 1. The van der Waals surface area contributed by atoms with Crippen LogP contribution in [0, 0.1) is 0 Å². The van der Waals surface area contributed by atoms with Crippen molar-refractivity contribution in [3.05, 3.63) is 46.3 Å². The molecule has 0 unspecified atom stereocenters. The van der Waals surface area contributed by atoms with E-state index in [0.29, 0.717) is 60.7 Å². The Kier molecular flexibility index (Phi) is 4.06. The maximum Gasteiger partial charge on any atom is 0.321 e. The average molecular weight is 434 g/mol. The van der Waals surface area contributed by atoms with Crippen molar-refractivity contribution in [2.45, 2.75) is 6.61 Å². The molecular weight excluding hydrogens is 416 g/mol. The number of carbonyl (C=O) groups is 2. The van der Waals surface area contributed by atoms with E-state index < -0.39 is 0 Å². The summed E-state index contributed by atoms with van der Waals surface area (Å²) in [4.78, 5) is 40.0. The van der Waals surface area contributed by atoms with Crippen LogP contribution in [0.4, 0.5) is 22.1 Å². The standard InChI is InChI=1S/C21H18N6O3S/c28-19-16-9-14-17(31-16)11-30-15-10-22-20(25-18(14)15)23-12-2-1-3-13(8-12)24-21(29)27-6-4-26(19)5-7-27/h1-3,8-10H,4-7,11H2,(H,24,29)(H,22,23,25). The van der Waals surface area contributed by atoms with Gasteiger partial charge in [0.2, 0.25) is 5.95 Å². The van der Waals surface area contributed by atoms with Gasteiger partial charge in [0.25, 0.3) is 5.91 Å². The van der Waals surface area contributed by atoms with Gasteiger partial charge in [0.1, 0.15) is 12.3 Å². The van der Waals surface area contributed by atoms with Crippen LogP contribution in [0.5, 0.6) is 5.75 Å². The van der Waals surface area contributed by atoms with Crippen LogP contribution >= 0.6 is 11.3 Å². The van der Waals surface area contributed by atoms with Gasteiger partial charge in [0.05, 0.1) is 16.0 Å². The molecule has 156 valence electrons. The first-order chi connectivity index (χ1) is 15.1. The number of amides is 3. The molecule has 4 aliphatic heterocycles. The highest BCUT2D eigenvalue weighted by Gasteiger charge is 2.29. The zero-order valence-electron chi connectivity index (χ0n) is 16.4. The summed E-state index contributed by atoms with van der Waals surface area (Å²) in [6, 6.07) is 9.13. The summed E-state index contributed by atoms with van der Waals surface area (Å²) in [7, 11) is 0. The summed E-state index contributed by atoms with van der Waals surface area (Å²) in [5, 5.41) is 6.12. The molecule has 9 nitrogen and oxygen atoms in total. The molecule has 8 bridgehead atoms. The Morgan fingerprint density at radius 1 is 1.00 bits per heavy atom. The maximum atomic E-state index is 13.1. The molecule has 10 heteroatoms. The molecule has 1 fully saturated rings. The first kappa shape index (κ1) is 18.1. The molecule has 3 amide bonds. The molecule has 7 rings (SSSR count). The van der Waals surface area contributed by atoms with Crippen LogP contribution in [0.3, 0.4) is 0 Å². The van der Waals surface area contributed by atoms with Gasteiger partial charge in [0.15, 0.2) is 5.75 Å². The zero-order valence-corrected chi connectivity index (χ0v) is 17.2. The fourth-order valence-corrected chi connectivity index (χ4v) is 5.03. The van der Waals surface area contributed by atoms with E-state index in [4.69, 9.17) is 4.74 Å². The number of urea groups is 1. The van der Waals surface area contributed by atoms with Crippen molar-refractivity contribution in [2.75, 3.05) is 36.8 Å². The van der Waals surface area contributed by atoms with Crippen LogP contribution in [-0.2, 0) is 6.61 Å². The Morgan fingerprint density at radius 3 is 2.61 bits per heavy atom. The van der Waals surface area contributed by atoms with Gasteiger partial charge in [-0.05, 0) is 24.3 Å². The van der Waals surface area contributed by atoms with E-state index >= 15 is 0 Å². The molecule has 0 spiro atoms. The molecule has 3 aromatic rings. The van der Waals surface area contributed by atoms with Gasteiger partial charge in [-0.25, -0.2) is 14.8 Å². The van der Waals surface area contributed by atoms with Crippen LogP contribution in [0.2, 0.25) is 0 Å². The third-order valence-corrected chi connectivity index (χ3v) is 6.71. The maximum absolute atomic E-state index is 13.1. The summed E-state index contributed by atoms with van der Waals surface area (Å²) in [6.07, 6.45) is 1.64. The first-order valence-corrected chi connectivity index (χ1v) is 10.8. The zero-order chi connectivity index (χ0) is 20.9. The Hall–Kier alpha value is -3.66. The Bertz CT molecular complexity index is 1220. The lowest BCUT2D eigenvalue weighted by molar-refractivity contribution is 0.0676. The number of hydrogen-bond donors (Lipinski definition) is 2. The normalized spacial score (nSPS) is 17.2. The number of nitrogens with zero attached hydrogens (tertiary/aromatic N) is 4. The van der Waals surface area contributed by atoms with Gasteiger partial charge >= 0.3 is 6.03 Å². The molecule has 0 saturated carbocycles. The molecule has 31 heavy (non-hydrogen) atoms. The number of benzene rings is 1. The summed E-state index contributed by atoms with van der Waals surface area (Å²) < 4.78 is 5.83. The number of nitrogens with one attached hydrogen (secondary N) is 2. The summed E-state index contributed by atoms with van der Waals surface area (Å²) in [5.74, 6) is 0.987. The fourth-order valence-electron chi connectivity index (χ4n) is 3.99. The van der Waals surface area contributed by atoms with Gasteiger partial charge in [0, 0.05) is 43.1 Å². The van der Waals surface area contributed by atoms with E-state index in [0.717, 1.165) is 16.1 Å². The van der Waals surface area contributed by atoms with Crippen molar-refractivity contribution in [1.82, 2.24) is 19.8 Å². The summed E-state index contributed by atoms with van der Waals surface area (Å²) in [5.41, 5.74) is 3.01. The van der Waals surface area contributed by atoms with Crippen molar-refractivity contribution < 1.29 is 14.3 Å². The quantitative estimate of drug-likeness (QED) is 0.564. The van der Waals surface area contributed by atoms with Crippen molar-refractivity contribution in [1.29, 1.82) is 0 Å². The highest BCUT2D eigenvalue weighted by Crippen LogP contribution is 2.41. The monoisotopic (exact) mass is 434 g/mol. The number of anilines is 3. The minimum atomic E-state index is -0.177. The van der Waals surface area contributed by atoms with E-state index in [1.807, 2.05) is 30.3 Å².